The van der Waals surface area contributed by atoms with Crippen LogP contribution in [0.15, 0.2) is 17.3 Å². The molecule has 0 spiro atoms. The zero-order valence-electron chi connectivity index (χ0n) is 11.2. The molecule has 0 aliphatic rings. The molecule has 0 amide bonds. The molecule has 9 nitrogen and oxygen atoms in total. The summed E-state index contributed by atoms with van der Waals surface area (Å²) in [6.45, 7) is 1.02. The average Bonchev–Trinajstić information content (AvgIpc) is 2.85. The van der Waals surface area contributed by atoms with Crippen LogP contribution < -0.4 is 0 Å². The van der Waals surface area contributed by atoms with E-state index in [9.17, 15) is 18.0 Å². The molecule has 1 atom stereocenters. The number of ether oxygens (including phenoxy) is 1. The van der Waals surface area contributed by atoms with Gasteiger partial charge in [-0.05, 0) is 6.92 Å². The molecule has 0 bridgehead atoms. The van der Waals surface area contributed by atoms with Crippen molar-refractivity contribution < 1.29 is 27.9 Å². The fraction of sp³-hybridized carbons (Fsp3) is 0.500. The highest BCUT2D eigenvalue weighted by atomic mass is 32.2. The molecule has 1 unspecified atom stereocenters. The zero-order valence-corrected chi connectivity index (χ0v) is 12.0. The van der Waals surface area contributed by atoms with Crippen LogP contribution in [0, 0.1) is 0 Å². The second kappa shape index (κ2) is 6.01. The summed E-state index contributed by atoms with van der Waals surface area (Å²) in [5, 5.41) is 12.6. The van der Waals surface area contributed by atoms with Gasteiger partial charge in [0.1, 0.15) is 17.5 Å². The van der Waals surface area contributed by atoms with Crippen molar-refractivity contribution in [3.63, 3.8) is 0 Å². The highest BCUT2D eigenvalue weighted by molar-refractivity contribution is 7.89. The number of aliphatic carboxylic acids is 1. The first-order chi connectivity index (χ1) is 9.20. The first-order valence-corrected chi connectivity index (χ1v) is 6.94. The Hall–Kier alpha value is -1.94. The van der Waals surface area contributed by atoms with E-state index in [1.165, 1.54) is 14.0 Å². The van der Waals surface area contributed by atoms with Gasteiger partial charge >= 0.3 is 11.9 Å². The van der Waals surface area contributed by atoms with Crippen molar-refractivity contribution >= 4 is 22.0 Å². The van der Waals surface area contributed by atoms with Gasteiger partial charge in [0.05, 0.1) is 13.3 Å². The lowest BCUT2D eigenvalue weighted by Gasteiger charge is -2.19. The Morgan fingerprint density at radius 1 is 1.55 bits per heavy atom. The maximum atomic E-state index is 12.1. The standard InChI is InChI=1S/C10H15N3O6S/c1-7(10(15)16)12(2)20(17,18)8-4-11-13(5-8)6-9(14)19-3/h4-5,7H,6H2,1-3H3,(H,15,16). The number of sulfonamides is 1. The summed E-state index contributed by atoms with van der Waals surface area (Å²) in [6, 6.07) is -1.22. The molecule has 112 valence electrons. The number of hydrogen-bond donors (Lipinski definition) is 1. The zero-order chi connectivity index (χ0) is 15.5. The third kappa shape index (κ3) is 3.33. The van der Waals surface area contributed by atoms with Crippen LogP contribution in [0.1, 0.15) is 6.92 Å². The number of nitrogens with zero attached hydrogens (tertiary/aromatic N) is 3. The molecule has 20 heavy (non-hydrogen) atoms. The summed E-state index contributed by atoms with van der Waals surface area (Å²) < 4.78 is 30.5. The number of likely N-dealkylation sites (N-methyl/N-ethyl adjacent to an activating group) is 1. The normalized spacial score (nSPS) is 13.2. The molecule has 0 fully saturated rings. The number of rotatable bonds is 6. The van der Waals surface area contributed by atoms with Crippen molar-refractivity contribution in [1.82, 2.24) is 14.1 Å². The van der Waals surface area contributed by atoms with Gasteiger partial charge in [0.25, 0.3) is 0 Å². The molecule has 1 rings (SSSR count). The quantitative estimate of drug-likeness (QED) is 0.680. The fourth-order valence-corrected chi connectivity index (χ4v) is 2.57. The van der Waals surface area contributed by atoms with Crippen molar-refractivity contribution in [2.24, 2.45) is 0 Å². The fourth-order valence-electron chi connectivity index (χ4n) is 1.29. The Bertz CT molecular complexity index is 608. The maximum absolute atomic E-state index is 12.1. The number of carbonyl (C=O) groups is 2. The number of carboxylic acids is 1. The molecule has 10 heteroatoms. The van der Waals surface area contributed by atoms with E-state index in [0.29, 0.717) is 0 Å². The SMILES string of the molecule is COC(=O)Cn1cc(S(=O)(=O)N(C)C(C)C(=O)O)cn1. The lowest BCUT2D eigenvalue weighted by molar-refractivity contribution is -0.142. The van der Waals surface area contributed by atoms with Gasteiger partial charge in [0.2, 0.25) is 10.0 Å². The smallest absolute Gasteiger partial charge is 0.327 e. The molecular weight excluding hydrogens is 290 g/mol. The van der Waals surface area contributed by atoms with Gasteiger partial charge in [-0.25, -0.2) is 8.42 Å². The predicted molar refractivity (Wildman–Crippen MR) is 66.3 cm³/mol. The molecular formula is C10H15N3O6S. The summed E-state index contributed by atoms with van der Waals surface area (Å²) in [6.07, 6.45) is 2.18. The second-order valence-corrected chi connectivity index (χ2v) is 5.98. The number of carboxylic acid groups (broad SMARTS) is 1. The Labute approximate surface area is 115 Å². The molecule has 0 aromatic carbocycles. The van der Waals surface area contributed by atoms with E-state index in [2.05, 4.69) is 9.84 Å². The van der Waals surface area contributed by atoms with E-state index in [1.54, 1.807) is 0 Å². The maximum Gasteiger partial charge on any atom is 0.327 e. The van der Waals surface area contributed by atoms with Gasteiger partial charge in [0.15, 0.2) is 0 Å². The molecule has 0 aliphatic heterocycles. The number of esters is 1. The lowest BCUT2D eigenvalue weighted by Crippen LogP contribution is -2.40. The molecule has 1 aromatic heterocycles. The molecule has 1 heterocycles. The minimum atomic E-state index is -3.99. The van der Waals surface area contributed by atoms with E-state index in [-0.39, 0.29) is 11.4 Å². The van der Waals surface area contributed by atoms with Gasteiger partial charge in [0, 0.05) is 13.2 Å². The van der Waals surface area contributed by atoms with Crippen LogP contribution in [0.2, 0.25) is 0 Å². The van der Waals surface area contributed by atoms with Crippen LogP contribution in [0.25, 0.3) is 0 Å². The van der Waals surface area contributed by atoms with Gasteiger partial charge in [-0.15, -0.1) is 0 Å². The third-order valence-corrected chi connectivity index (χ3v) is 4.59. The summed E-state index contributed by atoms with van der Waals surface area (Å²) in [7, 11) is -1.63. The second-order valence-electron chi connectivity index (χ2n) is 3.99. The number of hydrogen-bond acceptors (Lipinski definition) is 6. The largest absolute Gasteiger partial charge is 0.480 e. The minimum absolute atomic E-state index is 0.197. The van der Waals surface area contributed by atoms with E-state index >= 15 is 0 Å². The van der Waals surface area contributed by atoms with Crippen LogP contribution in [0.4, 0.5) is 0 Å². The first-order valence-electron chi connectivity index (χ1n) is 5.50. The molecule has 1 aromatic rings. The van der Waals surface area contributed by atoms with Gasteiger partial charge in [-0.1, -0.05) is 0 Å². The van der Waals surface area contributed by atoms with E-state index in [1.807, 2.05) is 0 Å². The summed E-state index contributed by atoms with van der Waals surface area (Å²) >= 11 is 0. The minimum Gasteiger partial charge on any atom is -0.480 e. The number of carbonyl (C=O) groups excluding carboxylic acids is 1. The molecule has 0 saturated heterocycles. The topological polar surface area (TPSA) is 119 Å². The van der Waals surface area contributed by atoms with Crippen molar-refractivity contribution in [2.75, 3.05) is 14.2 Å². The summed E-state index contributed by atoms with van der Waals surface area (Å²) in [4.78, 5) is 21.7. The van der Waals surface area contributed by atoms with Crippen molar-refractivity contribution in [3.8, 4) is 0 Å². The number of aromatic nitrogens is 2. The van der Waals surface area contributed by atoms with Crippen LogP contribution in [-0.2, 0) is 30.9 Å². The van der Waals surface area contributed by atoms with Crippen LogP contribution in [0.5, 0.6) is 0 Å². The van der Waals surface area contributed by atoms with E-state index < -0.39 is 28.0 Å². The van der Waals surface area contributed by atoms with Crippen molar-refractivity contribution in [1.29, 1.82) is 0 Å². The monoisotopic (exact) mass is 305 g/mol. The molecule has 0 saturated carbocycles. The Balaban J connectivity index is 2.99. The third-order valence-electron chi connectivity index (χ3n) is 2.71. The van der Waals surface area contributed by atoms with E-state index in [4.69, 9.17) is 5.11 Å². The highest BCUT2D eigenvalue weighted by Gasteiger charge is 2.30. The molecule has 0 aliphatic carbocycles. The number of methoxy groups -OCH3 is 1. The van der Waals surface area contributed by atoms with Gasteiger partial charge < -0.3 is 9.84 Å². The highest BCUT2D eigenvalue weighted by Crippen LogP contribution is 2.15. The lowest BCUT2D eigenvalue weighted by atomic mass is 10.4. The summed E-state index contributed by atoms with van der Waals surface area (Å²) in [5.41, 5.74) is 0. The Morgan fingerprint density at radius 2 is 2.15 bits per heavy atom. The van der Waals surface area contributed by atoms with Gasteiger partial charge in [-0.2, -0.15) is 9.40 Å². The van der Waals surface area contributed by atoms with Crippen LogP contribution in [-0.4, -0.2) is 59.7 Å². The Kier molecular flexibility index (Phi) is 4.84. The van der Waals surface area contributed by atoms with Crippen molar-refractivity contribution in [3.05, 3.63) is 12.4 Å². The summed E-state index contributed by atoms with van der Waals surface area (Å²) in [5.74, 6) is -1.85. The molecule has 0 radical (unpaired) electrons. The van der Waals surface area contributed by atoms with Crippen LogP contribution >= 0.6 is 0 Å². The Morgan fingerprint density at radius 3 is 2.65 bits per heavy atom. The van der Waals surface area contributed by atoms with Crippen LogP contribution in [0.3, 0.4) is 0 Å². The first kappa shape index (κ1) is 16.1. The predicted octanol–water partition coefficient (Wildman–Crippen LogP) is -0.850. The van der Waals surface area contributed by atoms with Gasteiger partial charge in [-0.3, -0.25) is 14.3 Å². The molecule has 1 N–H and O–H groups in total. The van der Waals surface area contributed by atoms with E-state index in [0.717, 1.165) is 28.4 Å². The van der Waals surface area contributed by atoms with Crippen molar-refractivity contribution in [2.45, 2.75) is 24.4 Å². The average molecular weight is 305 g/mol.